The van der Waals surface area contributed by atoms with Crippen LogP contribution in [0.1, 0.15) is 90.4 Å². The molecule has 3 unspecified atom stereocenters. The van der Waals surface area contributed by atoms with E-state index >= 15 is 0 Å². The lowest BCUT2D eigenvalue weighted by Crippen LogP contribution is -2.33. The zero-order chi connectivity index (χ0) is 16.9. The predicted molar refractivity (Wildman–Crippen MR) is 102 cm³/mol. The summed E-state index contributed by atoms with van der Waals surface area (Å²) in [4.78, 5) is 0. The first-order valence-corrected chi connectivity index (χ1v) is 10.9. The number of hydrogen-bond acceptors (Lipinski definition) is 0. The average Bonchev–Trinajstić information content (AvgIpc) is 2.62. The molecule has 0 saturated heterocycles. The highest BCUT2D eigenvalue weighted by Crippen LogP contribution is 2.44. The van der Waals surface area contributed by atoms with Crippen LogP contribution in [0.15, 0.2) is 12.7 Å². The van der Waals surface area contributed by atoms with Gasteiger partial charge in [0.2, 0.25) is 0 Å². The molecule has 0 heterocycles. The second-order valence-electron chi connectivity index (χ2n) is 9.47. The summed E-state index contributed by atoms with van der Waals surface area (Å²) in [5, 5.41) is 0. The quantitative estimate of drug-likeness (QED) is 0.461. The molecule has 0 nitrogen and oxygen atoms in total. The second-order valence-corrected chi connectivity index (χ2v) is 9.47. The van der Waals surface area contributed by atoms with Crippen molar-refractivity contribution in [3.05, 3.63) is 12.7 Å². The molecule has 0 amide bonds. The van der Waals surface area contributed by atoms with Crippen LogP contribution in [0, 0.1) is 35.5 Å². The van der Waals surface area contributed by atoms with Gasteiger partial charge in [0.05, 0.1) is 0 Å². The van der Waals surface area contributed by atoms with Crippen molar-refractivity contribution in [2.75, 3.05) is 0 Å². The summed E-state index contributed by atoms with van der Waals surface area (Å²) in [5.74, 6) is 4.42. The Morgan fingerprint density at radius 1 is 0.833 bits per heavy atom. The average molecular weight is 335 g/mol. The highest BCUT2D eigenvalue weighted by molar-refractivity contribution is 4.92. The van der Waals surface area contributed by atoms with Crippen molar-refractivity contribution in [1.29, 1.82) is 0 Å². The van der Waals surface area contributed by atoms with E-state index in [1.165, 1.54) is 70.6 Å². The van der Waals surface area contributed by atoms with Gasteiger partial charge in [-0.3, -0.25) is 0 Å². The molecule has 3 fully saturated rings. The summed E-state index contributed by atoms with van der Waals surface area (Å²) >= 11 is 0. The van der Waals surface area contributed by atoms with Crippen LogP contribution in [0.5, 0.6) is 0 Å². The van der Waals surface area contributed by atoms with Crippen molar-refractivity contribution in [3.8, 4) is 0 Å². The molecule has 0 aromatic rings. The molecule has 0 aromatic heterocycles. The maximum absolute atomic E-state index is 14.5. The van der Waals surface area contributed by atoms with E-state index in [0.717, 1.165) is 30.6 Å². The van der Waals surface area contributed by atoms with Crippen LogP contribution < -0.4 is 0 Å². The SMILES string of the molecule is C=CC1CCC(C2CCC(CCC3CCC(C)CC3)CC2)C(F)C1. The van der Waals surface area contributed by atoms with Crippen molar-refractivity contribution in [1.82, 2.24) is 0 Å². The highest BCUT2D eigenvalue weighted by Gasteiger charge is 2.36. The van der Waals surface area contributed by atoms with Crippen molar-refractivity contribution in [2.24, 2.45) is 35.5 Å². The van der Waals surface area contributed by atoms with Crippen LogP contribution in [-0.2, 0) is 0 Å². The van der Waals surface area contributed by atoms with Gasteiger partial charge in [-0.25, -0.2) is 4.39 Å². The standard InChI is InChI=1S/C23H39F/c1-3-18-12-15-22(23(24)16-18)21-13-10-20(11-14-21)9-8-19-6-4-17(2)5-7-19/h3,17-23H,1,4-16H2,2H3. The third-order valence-electron chi connectivity index (χ3n) is 7.81. The highest BCUT2D eigenvalue weighted by atomic mass is 19.1. The molecule has 0 N–H and O–H groups in total. The molecular weight excluding hydrogens is 295 g/mol. The molecule has 3 saturated carbocycles. The van der Waals surface area contributed by atoms with E-state index in [9.17, 15) is 4.39 Å². The fraction of sp³-hybridized carbons (Fsp3) is 0.913. The number of allylic oxidation sites excluding steroid dienone is 1. The van der Waals surface area contributed by atoms with Crippen LogP contribution in [-0.4, -0.2) is 6.17 Å². The van der Waals surface area contributed by atoms with Crippen molar-refractivity contribution < 1.29 is 4.39 Å². The van der Waals surface area contributed by atoms with Crippen molar-refractivity contribution >= 4 is 0 Å². The van der Waals surface area contributed by atoms with Gasteiger partial charge >= 0.3 is 0 Å². The van der Waals surface area contributed by atoms with Gasteiger partial charge in [0, 0.05) is 0 Å². The molecule has 0 aliphatic heterocycles. The van der Waals surface area contributed by atoms with E-state index in [0.29, 0.717) is 17.8 Å². The molecule has 24 heavy (non-hydrogen) atoms. The fourth-order valence-corrected chi connectivity index (χ4v) is 5.91. The Morgan fingerprint density at radius 2 is 1.42 bits per heavy atom. The third-order valence-corrected chi connectivity index (χ3v) is 7.81. The van der Waals surface area contributed by atoms with Gasteiger partial charge in [0.15, 0.2) is 0 Å². The van der Waals surface area contributed by atoms with Crippen molar-refractivity contribution in [3.63, 3.8) is 0 Å². The molecule has 138 valence electrons. The van der Waals surface area contributed by atoms with Gasteiger partial charge in [-0.2, -0.15) is 0 Å². The lowest BCUT2D eigenvalue weighted by Gasteiger charge is -2.39. The van der Waals surface area contributed by atoms with E-state index < -0.39 is 6.17 Å². The van der Waals surface area contributed by atoms with Gasteiger partial charge in [0.25, 0.3) is 0 Å². The van der Waals surface area contributed by atoms with Crippen LogP contribution in [0.2, 0.25) is 0 Å². The van der Waals surface area contributed by atoms with Gasteiger partial charge in [-0.05, 0) is 67.6 Å². The lowest BCUT2D eigenvalue weighted by molar-refractivity contribution is 0.0663. The van der Waals surface area contributed by atoms with Crippen LogP contribution in [0.4, 0.5) is 4.39 Å². The third kappa shape index (κ3) is 4.85. The van der Waals surface area contributed by atoms with E-state index in [-0.39, 0.29) is 0 Å². The molecular formula is C23H39F. The zero-order valence-corrected chi connectivity index (χ0v) is 15.9. The van der Waals surface area contributed by atoms with E-state index in [1.807, 2.05) is 6.08 Å². The minimum atomic E-state index is -0.562. The molecule has 0 radical (unpaired) electrons. The Kier molecular flexibility index (Phi) is 6.81. The summed E-state index contributed by atoms with van der Waals surface area (Å²) in [5.41, 5.74) is 0. The fourth-order valence-electron chi connectivity index (χ4n) is 5.91. The Morgan fingerprint density at radius 3 is 1.96 bits per heavy atom. The molecule has 3 atom stereocenters. The van der Waals surface area contributed by atoms with Crippen LogP contribution >= 0.6 is 0 Å². The largest absolute Gasteiger partial charge is 0.247 e. The summed E-state index contributed by atoms with van der Waals surface area (Å²) in [6.45, 7) is 6.28. The maximum Gasteiger partial charge on any atom is 0.104 e. The smallest absolute Gasteiger partial charge is 0.104 e. The molecule has 3 aliphatic rings. The predicted octanol–water partition coefficient (Wildman–Crippen LogP) is 7.34. The molecule has 3 rings (SSSR count). The maximum atomic E-state index is 14.5. The minimum absolute atomic E-state index is 0.363. The van der Waals surface area contributed by atoms with Crippen LogP contribution in [0.3, 0.4) is 0 Å². The first kappa shape index (κ1) is 18.5. The molecule has 0 bridgehead atoms. The number of hydrogen-bond donors (Lipinski definition) is 0. The molecule has 0 aromatic carbocycles. The summed E-state index contributed by atoms with van der Waals surface area (Å²) in [6, 6.07) is 0. The molecule has 3 aliphatic carbocycles. The summed E-state index contributed by atoms with van der Waals surface area (Å²) < 4.78 is 14.5. The molecule has 0 spiro atoms. The Bertz CT molecular complexity index is 373. The van der Waals surface area contributed by atoms with E-state index in [4.69, 9.17) is 0 Å². The number of rotatable bonds is 5. The monoisotopic (exact) mass is 334 g/mol. The van der Waals surface area contributed by atoms with Crippen molar-refractivity contribution in [2.45, 2.75) is 96.6 Å². The molecule has 1 heteroatoms. The van der Waals surface area contributed by atoms with Gasteiger partial charge in [-0.15, -0.1) is 6.58 Å². The Balaban J connectivity index is 1.36. The van der Waals surface area contributed by atoms with Gasteiger partial charge in [0.1, 0.15) is 6.17 Å². The minimum Gasteiger partial charge on any atom is -0.247 e. The van der Waals surface area contributed by atoms with Gasteiger partial charge < -0.3 is 0 Å². The summed E-state index contributed by atoms with van der Waals surface area (Å²) in [7, 11) is 0. The van der Waals surface area contributed by atoms with E-state index in [2.05, 4.69) is 13.5 Å². The Labute approximate surface area is 149 Å². The van der Waals surface area contributed by atoms with Gasteiger partial charge in [-0.1, -0.05) is 64.4 Å². The number of alkyl halides is 1. The first-order chi connectivity index (χ1) is 11.7. The topological polar surface area (TPSA) is 0 Å². The number of halogens is 1. The lowest BCUT2D eigenvalue weighted by atomic mass is 9.67. The Hall–Kier alpha value is -0.330. The van der Waals surface area contributed by atoms with Crippen LogP contribution in [0.25, 0.3) is 0 Å². The zero-order valence-electron chi connectivity index (χ0n) is 15.9. The summed E-state index contributed by atoms with van der Waals surface area (Å²) in [6.07, 6.45) is 18.6. The van der Waals surface area contributed by atoms with E-state index in [1.54, 1.807) is 0 Å². The normalized spacial score (nSPS) is 44.2. The second kappa shape index (κ2) is 8.86. The first-order valence-electron chi connectivity index (χ1n) is 10.9.